The zero-order chi connectivity index (χ0) is 14.4. The first-order valence-corrected chi connectivity index (χ1v) is 6.44. The van der Waals surface area contributed by atoms with Crippen LogP contribution in [0.15, 0.2) is 0 Å². The molecule has 3 amide bonds. The van der Waals surface area contributed by atoms with Crippen molar-refractivity contribution in [1.29, 1.82) is 0 Å². The van der Waals surface area contributed by atoms with Gasteiger partial charge in [0.25, 0.3) is 0 Å². The smallest absolute Gasteiger partial charge is 0.317 e. The Balaban J connectivity index is 2.43. The van der Waals surface area contributed by atoms with Gasteiger partial charge in [0.15, 0.2) is 0 Å². The molecule has 1 aliphatic heterocycles. The number of nitrogens with one attached hydrogen (secondary N) is 1. The highest BCUT2D eigenvalue weighted by Crippen LogP contribution is 2.19. The van der Waals surface area contributed by atoms with E-state index in [1.807, 2.05) is 0 Å². The molecule has 0 radical (unpaired) electrons. The molecule has 1 aliphatic rings. The number of carbonyl (C=O) groups is 3. The highest BCUT2D eigenvalue weighted by molar-refractivity contribution is 5.78. The van der Waals surface area contributed by atoms with Gasteiger partial charge in [0, 0.05) is 32.0 Å². The van der Waals surface area contributed by atoms with Gasteiger partial charge in [0.05, 0.1) is 0 Å². The van der Waals surface area contributed by atoms with E-state index < -0.39 is 11.9 Å². The van der Waals surface area contributed by atoms with E-state index in [0.717, 1.165) is 12.8 Å². The van der Waals surface area contributed by atoms with Gasteiger partial charge in [-0.05, 0) is 25.7 Å². The van der Waals surface area contributed by atoms with Gasteiger partial charge < -0.3 is 21.1 Å². The van der Waals surface area contributed by atoms with E-state index in [4.69, 9.17) is 10.8 Å². The van der Waals surface area contributed by atoms with Gasteiger partial charge >= 0.3 is 12.0 Å². The number of rotatable bonds is 5. The van der Waals surface area contributed by atoms with Gasteiger partial charge in [-0.2, -0.15) is 0 Å². The van der Waals surface area contributed by atoms with Crippen molar-refractivity contribution < 1.29 is 19.5 Å². The fraction of sp³-hybridized carbons (Fsp3) is 0.750. The summed E-state index contributed by atoms with van der Waals surface area (Å²) in [6.07, 6.45) is 1.81. The average Bonchev–Trinajstić information content (AvgIpc) is 2.27. The van der Waals surface area contributed by atoms with Crippen molar-refractivity contribution in [2.75, 3.05) is 13.1 Å². The summed E-state index contributed by atoms with van der Waals surface area (Å²) >= 11 is 0. The summed E-state index contributed by atoms with van der Waals surface area (Å²) in [7, 11) is 0. The summed E-state index contributed by atoms with van der Waals surface area (Å²) in [5.41, 5.74) is 5.06. The number of amides is 3. The highest BCUT2D eigenvalue weighted by atomic mass is 16.4. The van der Waals surface area contributed by atoms with Crippen LogP contribution in [0.1, 0.15) is 32.6 Å². The summed E-state index contributed by atoms with van der Waals surface area (Å²) < 4.78 is 0. The van der Waals surface area contributed by atoms with Crippen LogP contribution in [0, 0.1) is 5.92 Å². The summed E-state index contributed by atoms with van der Waals surface area (Å²) in [6.45, 7) is 2.77. The molecule has 19 heavy (non-hydrogen) atoms. The van der Waals surface area contributed by atoms with Gasteiger partial charge in [-0.3, -0.25) is 9.59 Å². The Morgan fingerprint density at radius 1 is 1.47 bits per heavy atom. The molecule has 0 aromatic carbocycles. The molecule has 0 saturated carbocycles. The predicted molar refractivity (Wildman–Crippen MR) is 68.4 cm³/mol. The van der Waals surface area contributed by atoms with Crippen LogP contribution in [0.3, 0.4) is 0 Å². The Morgan fingerprint density at radius 3 is 2.74 bits per heavy atom. The lowest BCUT2D eigenvalue weighted by atomic mass is 9.95. The van der Waals surface area contributed by atoms with E-state index in [9.17, 15) is 14.4 Å². The number of urea groups is 1. The number of hydrogen-bond donors (Lipinski definition) is 3. The Kier molecular flexibility index (Phi) is 5.59. The molecular formula is C12H21N3O4. The molecule has 0 spiro atoms. The maximum Gasteiger partial charge on any atom is 0.317 e. The Hall–Kier alpha value is -1.79. The molecule has 0 aromatic heterocycles. The van der Waals surface area contributed by atoms with Crippen LogP contribution < -0.4 is 11.1 Å². The summed E-state index contributed by atoms with van der Waals surface area (Å²) in [6, 6.07) is -0.575. The van der Waals surface area contributed by atoms with Crippen molar-refractivity contribution in [3.63, 3.8) is 0 Å². The minimum absolute atomic E-state index is 0.00319. The van der Waals surface area contributed by atoms with Crippen molar-refractivity contribution in [3.8, 4) is 0 Å². The number of likely N-dealkylation sites (tertiary alicyclic amines) is 1. The van der Waals surface area contributed by atoms with Crippen LogP contribution in [0.25, 0.3) is 0 Å². The molecule has 1 saturated heterocycles. The summed E-state index contributed by atoms with van der Waals surface area (Å²) in [4.78, 5) is 34.9. The van der Waals surface area contributed by atoms with Crippen molar-refractivity contribution in [3.05, 3.63) is 0 Å². The van der Waals surface area contributed by atoms with Crippen LogP contribution >= 0.6 is 0 Å². The molecule has 2 atom stereocenters. The average molecular weight is 271 g/mol. The van der Waals surface area contributed by atoms with Gasteiger partial charge in [-0.1, -0.05) is 0 Å². The van der Waals surface area contributed by atoms with Crippen LogP contribution in [-0.4, -0.2) is 47.0 Å². The SMILES string of the molecule is CC(CC(N)=O)NC(=O)N1CCCC(CC(=O)O)C1. The largest absolute Gasteiger partial charge is 0.481 e. The number of carbonyl (C=O) groups excluding carboxylic acids is 2. The monoisotopic (exact) mass is 271 g/mol. The Bertz CT molecular complexity index is 359. The molecular weight excluding hydrogens is 250 g/mol. The van der Waals surface area contributed by atoms with Crippen LogP contribution in [0.5, 0.6) is 0 Å². The fourth-order valence-electron chi connectivity index (χ4n) is 2.32. The quantitative estimate of drug-likeness (QED) is 0.660. The third-order valence-electron chi connectivity index (χ3n) is 3.15. The van der Waals surface area contributed by atoms with Gasteiger partial charge in [-0.25, -0.2) is 4.79 Å². The number of nitrogens with two attached hydrogens (primary N) is 1. The zero-order valence-electron chi connectivity index (χ0n) is 11.1. The van der Waals surface area contributed by atoms with E-state index >= 15 is 0 Å². The third kappa shape index (κ3) is 5.58. The normalized spacial score (nSPS) is 20.7. The van der Waals surface area contributed by atoms with Crippen molar-refractivity contribution in [2.24, 2.45) is 11.7 Å². The van der Waals surface area contributed by atoms with Gasteiger partial charge in [-0.15, -0.1) is 0 Å². The lowest BCUT2D eigenvalue weighted by Crippen LogP contribution is -2.48. The van der Waals surface area contributed by atoms with E-state index in [0.29, 0.717) is 13.1 Å². The molecule has 1 heterocycles. The van der Waals surface area contributed by atoms with E-state index in [1.165, 1.54) is 0 Å². The van der Waals surface area contributed by atoms with E-state index in [-0.39, 0.29) is 30.8 Å². The van der Waals surface area contributed by atoms with Crippen LogP contribution in [0.2, 0.25) is 0 Å². The zero-order valence-corrected chi connectivity index (χ0v) is 11.1. The molecule has 1 rings (SSSR count). The molecule has 0 bridgehead atoms. The first kappa shape index (κ1) is 15.3. The molecule has 2 unspecified atom stereocenters. The van der Waals surface area contributed by atoms with E-state index in [1.54, 1.807) is 11.8 Å². The van der Waals surface area contributed by atoms with Crippen molar-refractivity contribution >= 4 is 17.9 Å². The van der Waals surface area contributed by atoms with E-state index in [2.05, 4.69) is 5.32 Å². The fourth-order valence-corrected chi connectivity index (χ4v) is 2.32. The number of hydrogen-bond acceptors (Lipinski definition) is 3. The lowest BCUT2D eigenvalue weighted by molar-refractivity contribution is -0.138. The minimum Gasteiger partial charge on any atom is -0.481 e. The first-order valence-electron chi connectivity index (χ1n) is 6.44. The minimum atomic E-state index is -0.839. The summed E-state index contributed by atoms with van der Waals surface area (Å²) in [5.74, 6) is -1.30. The van der Waals surface area contributed by atoms with Crippen LogP contribution in [0.4, 0.5) is 4.79 Å². The third-order valence-corrected chi connectivity index (χ3v) is 3.15. The number of carboxylic acid groups (broad SMARTS) is 1. The molecule has 108 valence electrons. The predicted octanol–water partition coefficient (Wildman–Crippen LogP) is 0.147. The Morgan fingerprint density at radius 2 is 2.16 bits per heavy atom. The highest BCUT2D eigenvalue weighted by Gasteiger charge is 2.25. The van der Waals surface area contributed by atoms with Crippen molar-refractivity contribution in [1.82, 2.24) is 10.2 Å². The molecule has 1 fully saturated rings. The number of primary amides is 1. The van der Waals surface area contributed by atoms with Gasteiger partial charge in [0.2, 0.25) is 5.91 Å². The lowest BCUT2D eigenvalue weighted by Gasteiger charge is -2.32. The summed E-state index contributed by atoms with van der Waals surface area (Å²) in [5, 5.41) is 11.5. The number of carboxylic acids is 1. The molecule has 0 aliphatic carbocycles. The molecule has 7 nitrogen and oxygen atoms in total. The Labute approximate surface area is 112 Å². The molecule has 7 heteroatoms. The second-order valence-corrected chi connectivity index (χ2v) is 5.07. The maximum atomic E-state index is 11.9. The van der Waals surface area contributed by atoms with Crippen molar-refractivity contribution in [2.45, 2.75) is 38.6 Å². The maximum absolute atomic E-state index is 11.9. The molecule has 0 aromatic rings. The second-order valence-electron chi connectivity index (χ2n) is 5.07. The first-order chi connectivity index (χ1) is 8.88. The number of aliphatic carboxylic acids is 1. The second kappa shape index (κ2) is 6.96. The van der Waals surface area contributed by atoms with Gasteiger partial charge in [0.1, 0.15) is 0 Å². The molecule has 4 N–H and O–H groups in total. The standard InChI is InChI=1S/C12H21N3O4/c1-8(5-10(13)16)14-12(19)15-4-2-3-9(7-15)6-11(17)18/h8-9H,2-7H2,1H3,(H2,13,16)(H,14,19)(H,17,18). The number of piperidine rings is 1. The number of nitrogens with zero attached hydrogens (tertiary/aromatic N) is 1. The topological polar surface area (TPSA) is 113 Å². The van der Waals surface area contributed by atoms with Crippen LogP contribution in [-0.2, 0) is 9.59 Å².